The van der Waals surface area contributed by atoms with Gasteiger partial charge in [0.1, 0.15) is 5.82 Å². The summed E-state index contributed by atoms with van der Waals surface area (Å²) in [5, 5.41) is 0.792. The highest BCUT2D eigenvalue weighted by Crippen LogP contribution is 2.37. The van der Waals surface area contributed by atoms with Gasteiger partial charge in [-0.25, -0.2) is 9.37 Å². The van der Waals surface area contributed by atoms with Crippen LogP contribution in [0.5, 0.6) is 0 Å². The van der Waals surface area contributed by atoms with Crippen molar-refractivity contribution in [1.29, 1.82) is 0 Å². The number of thiazole rings is 1. The molecule has 20 heavy (non-hydrogen) atoms. The number of halogens is 1. The Morgan fingerprint density at radius 1 is 1.50 bits per heavy atom. The van der Waals surface area contributed by atoms with Crippen LogP contribution in [0.3, 0.4) is 0 Å². The molecule has 0 fully saturated rings. The topological polar surface area (TPSA) is 33.2 Å². The van der Waals surface area contributed by atoms with Crippen LogP contribution in [0.15, 0.2) is 18.2 Å². The van der Waals surface area contributed by atoms with E-state index >= 15 is 0 Å². The fourth-order valence-corrected chi connectivity index (χ4v) is 3.49. The van der Waals surface area contributed by atoms with Gasteiger partial charge in [-0.1, -0.05) is 30.7 Å². The van der Waals surface area contributed by atoms with E-state index in [0.29, 0.717) is 4.88 Å². The highest BCUT2D eigenvalue weighted by atomic mass is 32.1. The second kappa shape index (κ2) is 5.32. The molecule has 1 aliphatic heterocycles. The Kier molecular flexibility index (Phi) is 3.53. The average molecular weight is 290 g/mol. The van der Waals surface area contributed by atoms with Gasteiger partial charge in [0.25, 0.3) is 0 Å². The van der Waals surface area contributed by atoms with Gasteiger partial charge in [0, 0.05) is 12.2 Å². The standard InChI is InChI=1S/C15H15FN2OS/c1-2-3-12-14(9-19)20-15(17-12)18-7-6-10-4-5-11(16)8-13(10)18/h4-5,8-9H,2-3,6-7H2,1H3. The maximum absolute atomic E-state index is 13.4. The van der Waals surface area contributed by atoms with Crippen LogP contribution in [-0.4, -0.2) is 17.8 Å². The Morgan fingerprint density at radius 2 is 2.35 bits per heavy atom. The molecular formula is C15H15FN2OS. The maximum Gasteiger partial charge on any atom is 0.190 e. The molecule has 0 bridgehead atoms. The molecule has 3 nitrogen and oxygen atoms in total. The Bertz CT molecular complexity index is 653. The molecule has 0 radical (unpaired) electrons. The van der Waals surface area contributed by atoms with Gasteiger partial charge in [0.15, 0.2) is 11.4 Å². The second-order valence-electron chi connectivity index (χ2n) is 4.85. The SMILES string of the molecule is CCCc1nc(N2CCc3ccc(F)cc32)sc1C=O. The molecule has 0 saturated heterocycles. The van der Waals surface area contributed by atoms with E-state index in [-0.39, 0.29) is 5.82 Å². The van der Waals surface area contributed by atoms with Gasteiger partial charge < -0.3 is 4.90 Å². The quantitative estimate of drug-likeness (QED) is 0.804. The van der Waals surface area contributed by atoms with E-state index in [2.05, 4.69) is 11.9 Å². The Morgan fingerprint density at radius 3 is 3.10 bits per heavy atom. The number of nitrogens with zero attached hydrogens (tertiary/aromatic N) is 2. The minimum absolute atomic E-state index is 0.239. The fraction of sp³-hybridized carbons (Fsp3) is 0.333. The van der Waals surface area contributed by atoms with Crippen molar-refractivity contribution < 1.29 is 9.18 Å². The van der Waals surface area contributed by atoms with Gasteiger partial charge in [-0.05, 0) is 30.5 Å². The summed E-state index contributed by atoms with van der Waals surface area (Å²) in [5.41, 5.74) is 2.86. The lowest BCUT2D eigenvalue weighted by atomic mass is 10.2. The molecule has 1 aromatic heterocycles. The number of anilines is 2. The molecule has 2 heterocycles. The molecular weight excluding hydrogens is 275 g/mol. The predicted octanol–water partition coefficient (Wildman–Crippen LogP) is 3.74. The number of carbonyl (C=O) groups excluding carboxylic acids is 1. The van der Waals surface area contributed by atoms with Crippen LogP contribution < -0.4 is 4.90 Å². The van der Waals surface area contributed by atoms with Crippen molar-refractivity contribution in [2.24, 2.45) is 0 Å². The third kappa shape index (κ3) is 2.22. The lowest BCUT2D eigenvalue weighted by molar-refractivity contribution is 0.112. The summed E-state index contributed by atoms with van der Waals surface area (Å²) in [4.78, 5) is 18.4. The minimum Gasteiger partial charge on any atom is -0.317 e. The van der Waals surface area contributed by atoms with Crippen molar-refractivity contribution in [2.45, 2.75) is 26.2 Å². The number of hydrogen-bond acceptors (Lipinski definition) is 4. The second-order valence-corrected chi connectivity index (χ2v) is 5.86. The molecule has 0 unspecified atom stereocenters. The smallest absolute Gasteiger partial charge is 0.190 e. The van der Waals surface area contributed by atoms with Gasteiger partial charge >= 0.3 is 0 Å². The van der Waals surface area contributed by atoms with Crippen molar-refractivity contribution in [1.82, 2.24) is 4.98 Å². The molecule has 0 saturated carbocycles. The zero-order valence-corrected chi connectivity index (χ0v) is 12.0. The number of fused-ring (bicyclic) bond motifs is 1. The number of carbonyl (C=O) groups is 1. The average Bonchev–Trinajstić information content (AvgIpc) is 3.02. The lowest BCUT2D eigenvalue weighted by Gasteiger charge is -2.15. The van der Waals surface area contributed by atoms with Crippen LogP contribution in [0.25, 0.3) is 0 Å². The summed E-state index contributed by atoms with van der Waals surface area (Å²) in [6, 6.07) is 4.86. The highest BCUT2D eigenvalue weighted by molar-refractivity contribution is 7.17. The van der Waals surface area contributed by atoms with E-state index in [9.17, 15) is 9.18 Å². The molecule has 1 aliphatic rings. The third-order valence-electron chi connectivity index (χ3n) is 3.48. The van der Waals surface area contributed by atoms with Crippen LogP contribution in [0.1, 0.15) is 34.3 Å². The molecule has 1 aromatic carbocycles. The van der Waals surface area contributed by atoms with E-state index in [4.69, 9.17) is 0 Å². The first-order valence-corrected chi connectivity index (χ1v) is 7.55. The third-order valence-corrected chi connectivity index (χ3v) is 4.53. The normalized spacial score (nSPS) is 13.6. The van der Waals surface area contributed by atoms with Crippen LogP contribution in [0.4, 0.5) is 15.2 Å². The predicted molar refractivity (Wildman–Crippen MR) is 78.6 cm³/mol. The number of rotatable bonds is 4. The number of aryl methyl sites for hydroxylation is 1. The highest BCUT2D eigenvalue weighted by Gasteiger charge is 2.24. The van der Waals surface area contributed by atoms with Gasteiger partial charge in [0.05, 0.1) is 10.6 Å². The van der Waals surface area contributed by atoms with Crippen LogP contribution in [0, 0.1) is 5.82 Å². The van der Waals surface area contributed by atoms with Crippen LogP contribution >= 0.6 is 11.3 Å². The van der Waals surface area contributed by atoms with E-state index in [1.165, 1.54) is 17.4 Å². The number of hydrogen-bond donors (Lipinski definition) is 0. The molecule has 2 aromatic rings. The van der Waals surface area contributed by atoms with E-state index in [0.717, 1.165) is 54.2 Å². The van der Waals surface area contributed by atoms with Gasteiger partial charge in [-0.3, -0.25) is 4.79 Å². The van der Waals surface area contributed by atoms with E-state index < -0.39 is 0 Å². The monoisotopic (exact) mass is 290 g/mol. The summed E-state index contributed by atoms with van der Waals surface area (Å²) < 4.78 is 13.4. The summed E-state index contributed by atoms with van der Waals surface area (Å²) in [7, 11) is 0. The first kappa shape index (κ1) is 13.2. The zero-order valence-electron chi connectivity index (χ0n) is 11.2. The summed E-state index contributed by atoms with van der Waals surface area (Å²) in [5.74, 6) is -0.239. The van der Waals surface area contributed by atoms with Crippen LogP contribution in [-0.2, 0) is 12.8 Å². The molecule has 0 spiro atoms. The van der Waals surface area contributed by atoms with Gasteiger partial charge in [0.2, 0.25) is 0 Å². The minimum atomic E-state index is -0.239. The van der Waals surface area contributed by atoms with Crippen molar-refractivity contribution in [3.05, 3.63) is 40.2 Å². The summed E-state index contributed by atoms with van der Waals surface area (Å²) in [6.45, 7) is 2.85. The Balaban J connectivity index is 1.99. The molecule has 3 rings (SSSR count). The van der Waals surface area contributed by atoms with Gasteiger partial charge in [-0.15, -0.1) is 0 Å². The van der Waals surface area contributed by atoms with Crippen molar-refractivity contribution in [3.8, 4) is 0 Å². The number of aldehydes is 1. The van der Waals surface area contributed by atoms with Crippen molar-refractivity contribution in [2.75, 3.05) is 11.4 Å². The lowest BCUT2D eigenvalue weighted by Crippen LogP contribution is -2.13. The largest absolute Gasteiger partial charge is 0.317 e. The molecule has 0 aliphatic carbocycles. The first-order valence-electron chi connectivity index (χ1n) is 6.73. The fourth-order valence-electron chi connectivity index (χ4n) is 2.53. The molecule has 5 heteroatoms. The summed E-state index contributed by atoms with van der Waals surface area (Å²) >= 11 is 1.39. The molecule has 104 valence electrons. The Hall–Kier alpha value is -1.75. The summed E-state index contributed by atoms with van der Waals surface area (Å²) in [6.07, 6.45) is 3.51. The van der Waals surface area contributed by atoms with Crippen molar-refractivity contribution >= 4 is 28.4 Å². The van der Waals surface area contributed by atoms with Crippen LogP contribution in [0.2, 0.25) is 0 Å². The Labute approximate surface area is 121 Å². The number of benzene rings is 1. The van der Waals surface area contributed by atoms with Crippen molar-refractivity contribution in [3.63, 3.8) is 0 Å². The molecule has 0 N–H and O–H groups in total. The van der Waals surface area contributed by atoms with E-state index in [1.54, 1.807) is 6.07 Å². The number of aromatic nitrogens is 1. The zero-order chi connectivity index (χ0) is 14.1. The van der Waals surface area contributed by atoms with Gasteiger partial charge in [-0.2, -0.15) is 0 Å². The maximum atomic E-state index is 13.4. The molecule has 0 atom stereocenters. The molecule has 0 amide bonds. The first-order chi connectivity index (χ1) is 9.72. The van der Waals surface area contributed by atoms with E-state index in [1.807, 2.05) is 11.0 Å².